The van der Waals surface area contributed by atoms with Gasteiger partial charge in [0.05, 0.1) is 23.7 Å². The van der Waals surface area contributed by atoms with Gasteiger partial charge in [-0.2, -0.15) is 0 Å². The van der Waals surface area contributed by atoms with Crippen LogP contribution < -0.4 is 11.5 Å². The van der Waals surface area contributed by atoms with Crippen molar-refractivity contribution in [3.63, 3.8) is 0 Å². The van der Waals surface area contributed by atoms with E-state index in [1.165, 1.54) is 0 Å². The Balaban J connectivity index is 0.00000176. The molecule has 0 amide bonds. The van der Waals surface area contributed by atoms with E-state index in [2.05, 4.69) is 4.98 Å². The van der Waals surface area contributed by atoms with E-state index >= 15 is 0 Å². The lowest BCUT2D eigenvalue weighted by molar-refractivity contribution is 0.677. The Hall–Kier alpha value is -2.17. The molecule has 0 fully saturated rings. The van der Waals surface area contributed by atoms with Gasteiger partial charge in [0.1, 0.15) is 0 Å². The Bertz CT molecular complexity index is 757. The number of imidazole rings is 1. The highest BCUT2D eigenvalue weighted by Gasteiger charge is 2.17. The largest absolute Gasteiger partial charge is 0.397 e. The smallest absolute Gasteiger partial charge is 0.0954 e. The molecule has 1 atom stereocenters. The van der Waals surface area contributed by atoms with E-state index in [9.17, 15) is 0 Å². The van der Waals surface area contributed by atoms with Crippen LogP contribution in [0.2, 0.25) is 5.02 Å². The molecule has 0 radical (unpaired) electrons. The number of nitrogens with two attached hydrogens (primary N) is 2. The van der Waals surface area contributed by atoms with Crippen LogP contribution in [0.3, 0.4) is 0 Å². The minimum absolute atomic E-state index is 0. The highest BCUT2D eigenvalue weighted by atomic mass is 35.5. The summed E-state index contributed by atoms with van der Waals surface area (Å²) in [7, 11) is 0. The van der Waals surface area contributed by atoms with Crippen LogP contribution in [0.1, 0.15) is 17.2 Å². The highest BCUT2D eigenvalue weighted by Crippen LogP contribution is 2.30. The van der Waals surface area contributed by atoms with Gasteiger partial charge in [0, 0.05) is 17.4 Å². The zero-order valence-electron chi connectivity index (χ0n) is 11.7. The number of rotatable bonds is 3. The molecule has 3 aromatic rings. The van der Waals surface area contributed by atoms with Gasteiger partial charge < -0.3 is 16.0 Å². The summed E-state index contributed by atoms with van der Waals surface area (Å²) in [5.41, 5.74) is 15.0. The van der Waals surface area contributed by atoms with Gasteiger partial charge in [0.25, 0.3) is 0 Å². The summed E-state index contributed by atoms with van der Waals surface area (Å²) in [6.45, 7) is 0. The number of hydrogen-bond donors (Lipinski definition) is 2. The average Bonchev–Trinajstić information content (AvgIpc) is 2.97. The fraction of sp³-hybridized carbons (Fsp3) is 0.0625. The van der Waals surface area contributed by atoms with E-state index in [-0.39, 0.29) is 18.4 Å². The van der Waals surface area contributed by atoms with Crippen LogP contribution in [0.4, 0.5) is 11.4 Å². The molecule has 1 aromatic heterocycles. The second-order valence-electron chi connectivity index (χ2n) is 4.86. The number of nitrogens with zero attached hydrogens (tertiary/aromatic N) is 2. The van der Waals surface area contributed by atoms with Crippen LogP contribution in [0.5, 0.6) is 0 Å². The summed E-state index contributed by atoms with van der Waals surface area (Å²) in [6, 6.07) is 13.4. The zero-order chi connectivity index (χ0) is 14.8. The molecule has 0 aliphatic carbocycles. The molecular weight excluding hydrogens is 319 g/mol. The zero-order valence-corrected chi connectivity index (χ0v) is 13.3. The van der Waals surface area contributed by atoms with Crippen LogP contribution in [0, 0.1) is 0 Å². The van der Waals surface area contributed by atoms with Crippen molar-refractivity contribution >= 4 is 35.4 Å². The number of anilines is 2. The molecule has 4 N–H and O–H groups in total. The molecule has 1 heterocycles. The maximum Gasteiger partial charge on any atom is 0.0954 e. The van der Waals surface area contributed by atoms with Gasteiger partial charge in [-0.25, -0.2) is 4.98 Å². The standard InChI is InChI=1S/C16H15ClN4.ClH/c17-13-3-1-2-11(8-13)16(21-7-6-20-10-21)12-4-5-14(18)15(19)9-12;/h1-10,16H,18-19H2;1H. The number of nitrogen functional groups attached to an aromatic ring is 2. The van der Waals surface area contributed by atoms with E-state index in [4.69, 9.17) is 23.1 Å². The molecule has 0 aliphatic heterocycles. The van der Waals surface area contributed by atoms with Gasteiger partial charge in [-0.05, 0) is 35.4 Å². The number of aromatic nitrogens is 2. The van der Waals surface area contributed by atoms with Crippen molar-refractivity contribution in [2.75, 3.05) is 11.5 Å². The normalized spacial score (nSPS) is 11.7. The van der Waals surface area contributed by atoms with Gasteiger partial charge in [-0.15, -0.1) is 12.4 Å². The molecule has 0 aliphatic rings. The summed E-state index contributed by atoms with van der Waals surface area (Å²) in [5, 5.41) is 0.695. The van der Waals surface area contributed by atoms with Crippen molar-refractivity contribution in [2.24, 2.45) is 0 Å². The molecule has 22 heavy (non-hydrogen) atoms. The van der Waals surface area contributed by atoms with Gasteiger partial charge in [0.2, 0.25) is 0 Å². The lowest BCUT2D eigenvalue weighted by Gasteiger charge is -2.20. The van der Waals surface area contributed by atoms with E-state index in [1.54, 1.807) is 12.5 Å². The number of hydrogen-bond acceptors (Lipinski definition) is 3. The lowest BCUT2D eigenvalue weighted by Crippen LogP contribution is -2.11. The average molecular weight is 335 g/mol. The van der Waals surface area contributed by atoms with Crippen molar-refractivity contribution in [1.29, 1.82) is 0 Å². The van der Waals surface area contributed by atoms with Crippen molar-refractivity contribution in [3.05, 3.63) is 77.3 Å². The third kappa shape index (κ3) is 3.18. The second kappa shape index (κ2) is 6.73. The molecule has 2 aromatic carbocycles. The summed E-state index contributed by atoms with van der Waals surface area (Å²) in [5.74, 6) is 0. The summed E-state index contributed by atoms with van der Waals surface area (Å²) < 4.78 is 2.01. The monoisotopic (exact) mass is 334 g/mol. The van der Waals surface area contributed by atoms with Gasteiger partial charge >= 0.3 is 0 Å². The Labute approximate surface area is 140 Å². The topological polar surface area (TPSA) is 69.9 Å². The molecule has 1 unspecified atom stereocenters. The van der Waals surface area contributed by atoms with Gasteiger partial charge in [-0.3, -0.25) is 0 Å². The third-order valence-corrected chi connectivity index (χ3v) is 3.65. The second-order valence-corrected chi connectivity index (χ2v) is 5.29. The van der Waals surface area contributed by atoms with Crippen LogP contribution >= 0.6 is 24.0 Å². The van der Waals surface area contributed by atoms with Gasteiger partial charge in [-0.1, -0.05) is 29.8 Å². The van der Waals surface area contributed by atoms with Gasteiger partial charge in [0.15, 0.2) is 0 Å². The predicted molar refractivity (Wildman–Crippen MR) is 93.4 cm³/mol. The first-order valence-corrected chi connectivity index (χ1v) is 6.91. The summed E-state index contributed by atoms with van der Waals surface area (Å²) in [4.78, 5) is 4.13. The summed E-state index contributed by atoms with van der Waals surface area (Å²) in [6.07, 6.45) is 5.44. The van der Waals surface area contributed by atoms with E-state index in [0.717, 1.165) is 11.1 Å². The molecule has 6 heteroatoms. The maximum atomic E-state index is 6.12. The van der Waals surface area contributed by atoms with Crippen molar-refractivity contribution in [2.45, 2.75) is 6.04 Å². The van der Waals surface area contributed by atoms with Crippen molar-refractivity contribution < 1.29 is 0 Å². The minimum Gasteiger partial charge on any atom is -0.397 e. The van der Waals surface area contributed by atoms with Crippen LogP contribution in [-0.2, 0) is 0 Å². The fourth-order valence-corrected chi connectivity index (χ4v) is 2.60. The molecule has 4 nitrogen and oxygen atoms in total. The van der Waals surface area contributed by atoms with E-state index in [0.29, 0.717) is 16.4 Å². The molecular formula is C16H16Cl2N4. The van der Waals surface area contributed by atoms with Crippen LogP contribution in [0.25, 0.3) is 0 Å². The first-order chi connectivity index (χ1) is 10.1. The quantitative estimate of drug-likeness (QED) is 0.716. The first kappa shape index (κ1) is 16.2. The molecule has 0 bridgehead atoms. The van der Waals surface area contributed by atoms with E-state index < -0.39 is 0 Å². The lowest BCUT2D eigenvalue weighted by atomic mass is 9.97. The first-order valence-electron chi connectivity index (χ1n) is 6.53. The fourth-order valence-electron chi connectivity index (χ4n) is 2.40. The van der Waals surface area contributed by atoms with Crippen molar-refractivity contribution in [3.8, 4) is 0 Å². The molecule has 114 valence electrons. The Morgan fingerprint density at radius 2 is 1.77 bits per heavy atom. The van der Waals surface area contributed by atoms with E-state index in [1.807, 2.05) is 53.2 Å². The Morgan fingerprint density at radius 1 is 1.00 bits per heavy atom. The molecule has 0 saturated carbocycles. The Kier molecular flexibility index (Phi) is 4.96. The number of halogens is 2. The van der Waals surface area contributed by atoms with Crippen LogP contribution in [0.15, 0.2) is 61.2 Å². The maximum absolute atomic E-state index is 6.12. The van der Waals surface area contributed by atoms with Crippen molar-refractivity contribution in [1.82, 2.24) is 9.55 Å². The SMILES string of the molecule is Cl.Nc1ccc(C(c2cccc(Cl)c2)n2ccnc2)cc1N. The predicted octanol–water partition coefficient (Wildman–Crippen LogP) is 3.76. The molecule has 3 rings (SSSR count). The third-order valence-electron chi connectivity index (χ3n) is 3.41. The van der Waals surface area contributed by atoms with Crippen LogP contribution in [-0.4, -0.2) is 9.55 Å². The number of benzene rings is 2. The molecule has 0 spiro atoms. The highest BCUT2D eigenvalue weighted by molar-refractivity contribution is 6.30. The molecule has 0 saturated heterocycles. The summed E-state index contributed by atoms with van der Waals surface area (Å²) >= 11 is 6.12. The minimum atomic E-state index is -0.0471. The Morgan fingerprint density at radius 3 is 2.41 bits per heavy atom.